The molecule has 0 aromatic carbocycles. The molecule has 0 unspecified atom stereocenters. The van der Waals surface area contributed by atoms with Crippen LogP contribution in [0.4, 0.5) is 57.5 Å². The third-order valence-corrected chi connectivity index (χ3v) is 18.1. The van der Waals surface area contributed by atoms with Gasteiger partial charge in [-0.1, -0.05) is 0 Å². The lowest BCUT2D eigenvalue weighted by molar-refractivity contribution is -0.121. The highest BCUT2D eigenvalue weighted by Crippen LogP contribution is 2.23. The molecule has 46 nitrogen and oxygen atoms in total. The highest BCUT2D eigenvalue weighted by molar-refractivity contribution is 6.09. The van der Waals surface area contributed by atoms with E-state index in [2.05, 4.69) is 105 Å². The number of hydrogen-bond donors (Lipinski definition) is 15. The van der Waals surface area contributed by atoms with Crippen molar-refractivity contribution in [1.29, 1.82) is 0 Å². The molecule has 10 heterocycles. The van der Waals surface area contributed by atoms with E-state index < -0.39 is 76.8 Å². The van der Waals surface area contributed by atoms with Crippen molar-refractivity contribution in [3.05, 3.63) is 150 Å². The minimum absolute atomic E-state index is 0.0147. The largest absolute Gasteiger partial charge is 0.356 e. The monoisotopic (exact) mass is 1670 g/mol. The molecular formula is C75H93N31O15. The van der Waals surface area contributed by atoms with Crippen molar-refractivity contribution < 1.29 is 71.9 Å². The lowest BCUT2D eigenvalue weighted by atomic mass is 10.3. The van der Waals surface area contributed by atoms with Crippen LogP contribution in [0.25, 0.3) is 0 Å². The fourth-order valence-corrected chi connectivity index (χ4v) is 12.3. The molecule has 10 aromatic rings. The molecule has 121 heavy (non-hydrogen) atoms. The van der Waals surface area contributed by atoms with E-state index in [1.807, 2.05) is 19.0 Å². The van der Waals surface area contributed by atoms with Crippen molar-refractivity contribution in [2.24, 2.45) is 70.5 Å². The zero-order valence-electron chi connectivity index (χ0n) is 68.4. The number of hydrogen-bond acceptors (Lipinski definition) is 21. The van der Waals surface area contributed by atoms with Gasteiger partial charge >= 0.3 is 0 Å². The van der Waals surface area contributed by atoms with E-state index in [0.29, 0.717) is 17.9 Å². The topological polar surface area (TPSA) is 553 Å². The summed E-state index contributed by atoms with van der Waals surface area (Å²) in [5, 5.41) is 40.0. The number of nitrogens with zero attached hydrogens (tertiary/aromatic N) is 16. The van der Waals surface area contributed by atoms with Gasteiger partial charge < -0.3 is 130 Å². The number of carbonyl (C=O) groups is 15. The Labute approximate surface area is 689 Å². The molecule has 0 fully saturated rings. The third-order valence-electron chi connectivity index (χ3n) is 18.1. The summed E-state index contributed by atoms with van der Waals surface area (Å²) in [7, 11) is 19.6. The van der Waals surface area contributed by atoms with Crippen LogP contribution >= 0.6 is 0 Å². The van der Waals surface area contributed by atoms with Crippen molar-refractivity contribution in [2.45, 2.75) is 45.4 Å². The Bertz CT molecular complexity index is 5680. The van der Waals surface area contributed by atoms with Crippen LogP contribution in [0.2, 0.25) is 0 Å². The second-order valence-electron chi connectivity index (χ2n) is 28.4. The van der Waals surface area contributed by atoms with Crippen molar-refractivity contribution in [3.63, 3.8) is 0 Å². The zero-order chi connectivity index (χ0) is 87.8. The highest BCUT2D eigenvalue weighted by Gasteiger charge is 2.27. The summed E-state index contributed by atoms with van der Waals surface area (Å²) in [6, 6.07) is 7.21. The number of nitrogens with one attached hydrogen (secondary N) is 15. The van der Waals surface area contributed by atoms with Crippen molar-refractivity contribution in [3.8, 4) is 0 Å². The minimum Gasteiger partial charge on any atom is -0.356 e. The van der Waals surface area contributed by atoms with E-state index in [9.17, 15) is 71.9 Å². The van der Waals surface area contributed by atoms with Gasteiger partial charge in [-0.05, 0) is 63.8 Å². The summed E-state index contributed by atoms with van der Waals surface area (Å²) < 4.78 is 14.4. The Morgan fingerprint density at radius 3 is 0.818 bits per heavy atom. The predicted molar refractivity (Wildman–Crippen MR) is 440 cm³/mol. The lowest BCUT2D eigenvalue weighted by Crippen LogP contribution is -2.32. The lowest BCUT2D eigenvalue weighted by Gasteiger charge is -2.10. The van der Waals surface area contributed by atoms with Gasteiger partial charge in [0.05, 0.1) is 28.4 Å². The predicted octanol–water partition coefficient (Wildman–Crippen LogP) is 1.37. The molecule has 0 aliphatic heterocycles. The van der Waals surface area contributed by atoms with E-state index in [1.54, 1.807) is 49.3 Å². The van der Waals surface area contributed by atoms with E-state index in [-0.39, 0.29) is 174 Å². The van der Waals surface area contributed by atoms with Gasteiger partial charge in [0.25, 0.3) is 59.1 Å². The standard InChI is InChI=1S/C75H93N31O15/c1-41(107)81-52-36-102(9)61(90-52)71(117)83-43-28-49(99(6)32-43)68(114)79-23-19-60(111)89-55-39-104(11)63(92-55)73(119)86-46-30-51(101(8)35-46)70(116)82-42-26-47(97(4)31-42)66(112)77-20-14-16-58(109)87-53-37-105(12)65(93-53)75(121)95-56-40-106(13)64(94-56)74(120)85-45-29-50(100(7)34-45)69(115)80-24-18-59(110)88-54-38-103(10)62(91-54)72(118)84-44-27-48(98(5)33-44)67(113)78-22-17-57(108)76-21-15-25-96(2)3/h26-40H,14-25H2,1-13H3,(H,76,108)(H,77,112)(H,78,113)(H,79,114)(H,80,115)(H,81,107)(H,82,116)(H,83,117)(H,84,118)(H,85,120)(H,86,119)(H,87,109)(H,88,110)(H,89,111)(H,95,121). The summed E-state index contributed by atoms with van der Waals surface area (Å²) >= 11 is 0. The van der Waals surface area contributed by atoms with Gasteiger partial charge in [-0.3, -0.25) is 71.9 Å². The van der Waals surface area contributed by atoms with Gasteiger partial charge in [0.1, 0.15) is 28.5 Å². The van der Waals surface area contributed by atoms with E-state index in [1.165, 1.54) is 166 Å². The Morgan fingerprint density at radius 1 is 0.264 bits per heavy atom. The average molecular weight is 1670 g/mol. The molecular weight excluding hydrogens is 1580 g/mol. The molecule has 10 rings (SSSR count). The van der Waals surface area contributed by atoms with Crippen LogP contribution in [0.1, 0.15) is 151 Å². The number of aromatic nitrogens is 15. The number of anilines is 10. The zero-order valence-corrected chi connectivity index (χ0v) is 68.4. The van der Waals surface area contributed by atoms with Crippen LogP contribution in [0, 0.1) is 0 Å². The SMILES string of the molecule is CC(=O)Nc1cn(C)c(C(=O)Nc2cc(C(=O)NCCC(=O)Nc3cn(C)c(C(=O)Nc4cc(C(=O)Nc5cc(C(=O)NCCCC(=O)Nc6cn(C)c(C(=O)Nc7cn(C)c(C(=O)Nc8cc(C(=O)NCCC(=O)Nc9cn(C)c(C(=O)Nc%10cc(C(=O)NCCC(=O)NCCCN(C)C)n(C)c%10)n9)n(C)c8)n7)n6)n(C)c5)n(C)c4)n3)n(C)c2)n1. The van der Waals surface area contributed by atoms with E-state index >= 15 is 0 Å². The van der Waals surface area contributed by atoms with Crippen LogP contribution in [0.15, 0.2) is 92.3 Å². The van der Waals surface area contributed by atoms with Gasteiger partial charge in [-0.15, -0.1) is 0 Å². The number of imidazole rings is 5. The smallest absolute Gasteiger partial charge is 0.292 e. The van der Waals surface area contributed by atoms with Gasteiger partial charge in [-0.2, -0.15) is 0 Å². The van der Waals surface area contributed by atoms with Crippen molar-refractivity contribution in [1.82, 2.24) is 102 Å². The fraction of sp³-hybridized carbons (Fsp3) is 0.333. The second kappa shape index (κ2) is 38.9. The van der Waals surface area contributed by atoms with E-state index in [4.69, 9.17) is 0 Å². The number of aryl methyl sites for hydroxylation is 10. The Kier molecular flexibility index (Phi) is 28.3. The third kappa shape index (κ3) is 23.4. The summed E-state index contributed by atoms with van der Waals surface area (Å²) in [6.07, 6.45) is 15.4. The van der Waals surface area contributed by atoms with Crippen LogP contribution < -0.4 is 79.8 Å². The van der Waals surface area contributed by atoms with Gasteiger partial charge in [0, 0.05) is 198 Å². The Hall–Kier alpha value is -15.5. The first-order chi connectivity index (χ1) is 57.4. The summed E-state index contributed by atoms with van der Waals surface area (Å²) in [5.74, 6) is -8.02. The molecule has 0 saturated carbocycles. The average Bonchev–Trinajstić information content (AvgIpc) is 1.68. The first-order valence-electron chi connectivity index (χ1n) is 37.5. The molecule has 15 N–H and O–H groups in total. The highest BCUT2D eigenvalue weighted by atomic mass is 16.2. The fourth-order valence-electron chi connectivity index (χ4n) is 12.3. The molecule has 638 valence electrons. The molecule has 0 spiro atoms. The molecule has 10 aromatic heterocycles. The number of amides is 15. The maximum Gasteiger partial charge on any atom is 0.292 e. The summed E-state index contributed by atoms with van der Waals surface area (Å²) in [6.45, 7) is 2.67. The van der Waals surface area contributed by atoms with Crippen LogP contribution in [-0.2, 0) is 94.4 Å². The molecule has 46 heteroatoms. The molecule has 0 bridgehead atoms. The summed E-state index contributed by atoms with van der Waals surface area (Å²) in [4.78, 5) is 218. The molecule has 0 saturated heterocycles. The second-order valence-corrected chi connectivity index (χ2v) is 28.4. The van der Waals surface area contributed by atoms with Crippen molar-refractivity contribution >= 4 is 146 Å². The number of carbonyl (C=O) groups excluding carboxylic acids is 15. The number of rotatable bonds is 37. The summed E-state index contributed by atoms with van der Waals surface area (Å²) in [5.41, 5.74) is 2.18. The van der Waals surface area contributed by atoms with Crippen LogP contribution in [-0.4, -0.2) is 217 Å². The van der Waals surface area contributed by atoms with Gasteiger partial charge in [-0.25, -0.2) is 24.9 Å². The molecule has 15 amide bonds. The quantitative estimate of drug-likeness (QED) is 0.0245. The maximum absolute atomic E-state index is 13.6. The van der Waals surface area contributed by atoms with Crippen molar-refractivity contribution in [2.75, 3.05) is 107 Å². The first kappa shape index (κ1) is 87.8. The Balaban J connectivity index is 0.598. The van der Waals surface area contributed by atoms with Crippen LogP contribution in [0.3, 0.4) is 0 Å². The van der Waals surface area contributed by atoms with E-state index in [0.717, 1.165) is 13.0 Å². The maximum atomic E-state index is 13.6. The molecule has 0 aliphatic rings. The van der Waals surface area contributed by atoms with Gasteiger partial charge in [0.15, 0.2) is 29.1 Å². The Morgan fingerprint density at radius 2 is 0.512 bits per heavy atom. The van der Waals surface area contributed by atoms with Crippen LogP contribution in [0.5, 0.6) is 0 Å². The minimum atomic E-state index is -0.730. The molecule has 0 aliphatic carbocycles. The molecule has 0 radical (unpaired) electrons. The normalized spacial score (nSPS) is 11.0. The molecule has 0 atom stereocenters. The van der Waals surface area contributed by atoms with Gasteiger partial charge in [0.2, 0.25) is 58.7 Å². The first-order valence-corrected chi connectivity index (χ1v) is 37.5.